The van der Waals surface area contributed by atoms with E-state index >= 15 is 0 Å². The normalized spacial score (nSPS) is 11.5. The standard InChI is InChI=1S/C60H40N2S/c1-4-19-41(20-5-1)47-27-10-11-28-48(47)43-23-16-26-46(39-43)62(57-35-18-34-56-59(57)52-30-12-14-33-54(52)61(56)45-24-8-3-9-25-45)55-38-37-44(40-53(55)42-21-6-2-7-22-42)49-31-17-32-51-50-29-13-15-36-58(50)63-60(49)51/h1-40H. The highest BCUT2D eigenvalue weighted by Gasteiger charge is 2.24. The number of fused-ring (bicyclic) bond motifs is 6. The molecule has 0 bridgehead atoms. The van der Waals surface area contributed by atoms with Gasteiger partial charge in [0.15, 0.2) is 0 Å². The lowest BCUT2D eigenvalue weighted by Gasteiger charge is -2.30. The molecule has 296 valence electrons. The molecule has 0 radical (unpaired) electrons. The summed E-state index contributed by atoms with van der Waals surface area (Å²) in [6.45, 7) is 0. The van der Waals surface area contributed by atoms with Crippen molar-refractivity contribution in [2.75, 3.05) is 4.90 Å². The van der Waals surface area contributed by atoms with Crippen molar-refractivity contribution in [1.29, 1.82) is 0 Å². The van der Waals surface area contributed by atoms with Crippen LogP contribution in [0.3, 0.4) is 0 Å². The first-order valence-corrected chi connectivity index (χ1v) is 22.3. The van der Waals surface area contributed by atoms with E-state index in [2.05, 4.69) is 252 Å². The molecular formula is C60H40N2S. The number of rotatable bonds is 8. The Kier molecular flexibility index (Phi) is 9.06. The van der Waals surface area contributed by atoms with Crippen molar-refractivity contribution in [3.63, 3.8) is 0 Å². The molecule has 0 aliphatic carbocycles. The number of hydrogen-bond acceptors (Lipinski definition) is 2. The van der Waals surface area contributed by atoms with Gasteiger partial charge in [-0.2, -0.15) is 0 Å². The molecule has 2 nitrogen and oxygen atoms in total. The van der Waals surface area contributed by atoms with Crippen LogP contribution in [0.2, 0.25) is 0 Å². The molecule has 63 heavy (non-hydrogen) atoms. The largest absolute Gasteiger partial charge is 0.309 e. The Morgan fingerprint density at radius 3 is 1.68 bits per heavy atom. The van der Waals surface area contributed by atoms with Gasteiger partial charge in [0.25, 0.3) is 0 Å². The molecule has 12 rings (SSSR count). The van der Waals surface area contributed by atoms with E-state index in [1.165, 1.54) is 64.3 Å². The van der Waals surface area contributed by atoms with Crippen molar-refractivity contribution in [1.82, 2.24) is 4.57 Å². The lowest BCUT2D eigenvalue weighted by Crippen LogP contribution is -2.12. The van der Waals surface area contributed by atoms with Gasteiger partial charge in [0, 0.05) is 47.9 Å². The van der Waals surface area contributed by atoms with Crippen molar-refractivity contribution in [2.24, 2.45) is 0 Å². The fourth-order valence-electron chi connectivity index (χ4n) is 9.59. The molecule has 0 fully saturated rings. The summed E-state index contributed by atoms with van der Waals surface area (Å²) in [7, 11) is 0. The minimum atomic E-state index is 1.08. The fraction of sp³-hybridized carbons (Fsp3) is 0. The minimum absolute atomic E-state index is 1.08. The summed E-state index contributed by atoms with van der Waals surface area (Å²) in [5.74, 6) is 0. The molecule has 0 unspecified atom stereocenters. The molecule has 0 saturated carbocycles. The molecule has 0 spiro atoms. The summed E-state index contributed by atoms with van der Waals surface area (Å²) in [4.78, 5) is 2.50. The third kappa shape index (κ3) is 6.33. The molecule has 3 heteroatoms. The van der Waals surface area contributed by atoms with Crippen LogP contribution in [0.5, 0.6) is 0 Å². The smallest absolute Gasteiger partial charge is 0.0562 e. The lowest BCUT2D eigenvalue weighted by atomic mass is 9.93. The average Bonchev–Trinajstić information content (AvgIpc) is 3.92. The average molecular weight is 821 g/mol. The van der Waals surface area contributed by atoms with E-state index in [4.69, 9.17) is 0 Å². The molecule has 2 heterocycles. The highest BCUT2D eigenvalue weighted by Crippen LogP contribution is 2.49. The number of anilines is 3. The van der Waals surface area contributed by atoms with Crippen molar-refractivity contribution in [3.05, 3.63) is 243 Å². The molecule has 0 N–H and O–H groups in total. The van der Waals surface area contributed by atoms with Gasteiger partial charge >= 0.3 is 0 Å². The summed E-state index contributed by atoms with van der Waals surface area (Å²) >= 11 is 1.88. The summed E-state index contributed by atoms with van der Waals surface area (Å²) in [6, 6.07) is 88.5. The Morgan fingerprint density at radius 1 is 0.333 bits per heavy atom. The number of benzene rings is 10. The Balaban J connectivity index is 1.14. The summed E-state index contributed by atoms with van der Waals surface area (Å²) in [6.07, 6.45) is 0. The summed E-state index contributed by atoms with van der Waals surface area (Å²) in [5.41, 5.74) is 16.3. The maximum Gasteiger partial charge on any atom is 0.0562 e. The first-order valence-electron chi connectivity index (χ1n) is 21.5. The van der Waals surface area contributed by atoms with Crippen LogP contribution in [0, 0.1) is 0 Å². The third-order valence-corrected chi connectivity index (χ3v) is 13.6. The Bertz CT molecular complexity index is 3620. The van der Waals surface area contributed by atoms with E-state index in [1.54, 1.807) is 0 Å². The summed E-state index contributed by atoms with van der Waals surface area (Å²) < 4.78 is 5.03. The van der Waals surface area contributed by atoms with Gasteiger partial charge in [0.05, 0.1) is 22.4 Å². The van der Waals surface area contributed by atoms with Gasteiger partial charge in [-0.05, 0) is 99.6 Å². The van der Waals surface area contributed by atoms with Gasteiger partial charge in [0.1, 0.15) is 0 Å². The second-order valence-corrected chi connectivity index (χ2v) is 17.1. The van der Waals surface area contributed by atoms with Crippen LogP contribution in [-0.2, 0) is 0 Å². The van der Waals surface area contributed by atoms with Crippen LogP contribution in [-0.4, -0.2) is 4.57 Å². The van der Waals surface area contributed by atoms with Crippen LogP contribution in [0.15, 0.2) is 243 Å². The first-order chi connectivity index (χ1) is 31.3. The third-order valence-electron chi connectivity index (χ3n) is 12.4. The quantitative estimate of drug-likeness (QED) is 0.148. The number of thiophene rings is 1. The molecule has 12 aromatic rings. The zero-order valence-electron chi connectivity index (χ0n) is 34.4. The number of nitrogens with zero attached hydrogens (tertiary/aromatic N) is 2. The van der Waals surface area contributed by atoms with E-state index in [0.29, 0.717) is 0 Å². The Hall–Kier alpha value is -7.98. The molecule has 10 aromatic carbocycles. The number of hydrogen-bond donors (Lipinski definition) is 0. The van der Waals surface area contributed by atoms with Gasteiger partial charge < -0.3 is 9.47 Å². The van der Waals surface area contributed by atoms with Crippen LogP contribution in [0.25, 0.3) is 92.2 Å². The van der Waals surface area contributed by atoms with Gasteiger partial charge in [0.2, 0.25) is 0 Å². The van der Waals surface area contributed by atoms with E-state index in [9.17, 15) is 0 Å². The predicted octanol–water partition coefficient (Wildman–Crippen LogP) is 17.3. The number of para-hydroxylation sites is 2. The van der Waals surface area contributed by atoms with Crippen molar-refractivity contribution in [3.8, 4) is 50.2 Å². The van der Waals surface area contributed by atoms with Gasteiger partial charge in [-0.25, -0.2) is 0 Å². The van der Waals surface area contributed by atoms with E-state index < -0.39 is 0 Å². The highest BCUT2D eigenvalue weighted by atomic mass is 32.1. The molecule has 2 aromatic heterocycles. The lowest BCUT2D eigenvalue weighted by molar-refractivity contribution is 1.18. The van der Waals surface area contributed by atoms with Gasteiger partial charge in [-0.1, -0.05) is 182 Å². The van der Waals surface area contributed by atoms with E-state index in [1.807, 2.05) is 11.3 Å². The van der Waals surface area contributed by atoms with Crippen molar-refractivity contribution in [2.45, 2.75) is 0 Å². The van der Waals surface area contributed by atoms with Crippen molar-refractivity contribution >= 4 is 70.4 Å². The van der Waals surface area contributed by atoms with E-state index in [0.717, 1.165) is 45.0 Å². The second-order valence-electron chi connectivity index (χ2n) is 16.0. The molecule has 0 aliphatic rings. The van der Waals surface area contributed by atoms with Gasteiger partial charge in [-0.15, -0.1) is 11.3 Å². The van der Waals surface area contributed by atoms with Crippen LogP contribution >= 0.6 is 11.3 Å². The maximum atomic E-state index is 2.50. The zero-order valence-corrected chi connectivity index (χ0v) is 35.2. The SMILES string of the molecule is c1ccc(-c2ccccc2-c2cccc(N(c3ccc(-c4cccc5c4sc4ccccc45)cc3-c3ccccc3)c3cccc4c3c3ccccc3n4-c3ccccc3)c2)cc1. The molecule has 0 atom stereocenters. The molecule has 0 aliphatic heterocycles. The summed E-state index contributed by atoms with van der Waals surface area (Å²) in [5, 5.41) is 5.01. The molecular weight excluding hydrogens is 781 g/mol. The Morgan fingerprint density at radius 2 is 0.889 bits per heavy atom. The fourth-order valence-corrected chi connectivity index (χ4v) is 10.8. The second kappa shape index (κ2) is 15.5. The van der Waals surface area contributed by atoms with Crippen LogP contribution in [0.4, 0.5) is 17.1 Å². The van der Waals surface area contributed by atoms with Gasteiger partial charge in [-0.3, -0.25) is 0 Å². The topological polar surface area (TPSA) is 8.17 Å². The minimum Gasteiger partial charge on any atom is -0.309 e. The van der Waals surface area contributed by atoms with Crippen LogP contribution < -0.4 is 4.90 Å². The monoisotopic (exact) mass is 820 g/mol. The number of aromatic nitrogens is 1. The first kappa shape index (κ1) is 36.8. The predicted molar refractivity (Wildman–Crippen MR) is 270 cm³/mol. The molecule has 0 amide bonds. The highest BCUT2D eigenvalue weighted by molar-refractivity contribution is 7.26. The zero-order chi connectivity index (χ0) is 41.7. The maximum absolute atomic E-state index is 2.50. The van der Waals surface area contributed by atoms with Crippen molar-refractivity contribution < 1.29 is 0 Å². The van der Waals surface area contributed by atoms with Crippen LogP contribution in [0.1, 0.15) is 0 Å². The molecule has 0 saturated heterocycles. The van der Waals surface area contributed by atoms with E-state index in [-0.39, 0.29) is 0 Å². The Labute approximate surface area is 370 Å².